The molecule has 0 radical (unpaired) electrons. The molecule has 0 spiro atoms. The Morgan fingerprint density at radius 2 is 2.00 bits per heavy atom. The van der Waals surface area contributed by atoms with Crippen molar-refractivity contribution < 1.29 is 14.3 Å². The number of carbonyl (C=O) groups excluding carboxylic acids is 1. The second-order valence-corrected chi connectivity index (χ2v) is 7.22. The summed E-state index contributed by atoms with van der Waals surface area (Å²) < 4.78 is 11.5. The van der Waals surface area contributed by atoms with Crippen molar-refractivity contribution in [2.75, 3.05) is 32.8 Å². The van der Waals surface area contributed by atoms with Gasteiger partial charge in [0.25, 0.3) is 5.91 Å². The lowest BCUT2D eigenvalue weighted by Gasteiger charge is -2.45. The molecule has 0 aromatic heterocycles. The average molecular weight is 330 g/mol. The quantitative estimate of drug-likeness (QED) is 0.867. The molecule has 5 heteroatoms. The molecular weight excluding hydrogens is 304 g/mol. The maximum absolute atomic E-state index is 12.2. The van der Waals surface area contributed by atoms with E-state index < -0.39 is 0 Å². The highest BCUT2D eigenvalue weighted by Crippen LogP contribution is 2.28. The summed E-state index contributed by atoms with van der Waals surface area (Å²) in [5, 5.41) is 3.00. The largest absolute Gasteiger partial charge is 0.488 e. The number of nitrogens with zero attached hydrogens (tertiary/aromatic N) is 1. The van der Waals surface area contributed by atoms with Crippen LogP contribution in [-0.2, 0) is 4.74 Å². The molecule has 2 aliphatic heterocycles. The smallest absolute Gasteiger partial charge is 0.251 e. The minimum absolute atomic E-state index is 0.00444. The minimum atomic E-state index is 0.00444. The molecule has 2 heterocycles. The lowest BCUT2D eigenvalue weighted by molar-refractivity contribution is -0.0454. The molecule has 1 aliphatic carbocycles. The van der Waals surface area contributed by atoms with Crippen molar-refractivity contribution in [2.24, 2.45) is 5.92 Å². The van der Waals surface area contributed by atoms with Gasteiger partial charge in [0.05, 0.1) is 0 Å². The fourth-order valence-electron chi connectivity index (χ4n) is 3.46. The van der Waals surface area contributed by atoms with Crippen LogP contribution < -0.4 is 10.1 Å². The molecule has 4 rings (SSSR count). The van der Waals surface area contributed by atoms with E-state index in [1.807, 2.05) is 24.3 Å². The Morgan fingerprint density at radius 3 is 2.75 bits per heavy atom. The van der Waals surface area contributed by atoms with Gasteiger partial charge < -0.3 is 14.8 Å². The number of hydrogen-bond donors (Lipinski definition) is 1. The molecule has 1 aromatic rings. The first-order valence-electron chi connectivity index (χ1n) is 9.14. The second kappa shape index (κ2) is 7.11. The zero-order chi connectivity index (χ0) is 16.4. The fraction of sp³-hybridized carbons (Fsp3) is 0.632. The summed E-state index contributed by atoms with van der Waals surface area (Å²) in [6.07, 6.45) is 4.98. The Balaban J connectivity index is 1.26. The van der Waals surface area contributed by atoms with Gasteiger partial charge in [-0.05, 0) is 49.8 Å². The first kappa shape index (κ1) is 15.9. The van der Waals surface area contributed by atoms with Crippen molar-refractivity contribution in [1.82, 2.24) is 10.2 Å². The van der Waals surface area contributed by atoms with Gasteiger partial charge in [0, 0.05) is 44.5 Å². The molecule has 3 aliphatic rings. The van der Waals surface area contributed by atoms with E-state index in [0.29, 0.717) is 17.5 Å². The SMILES string of the molecule is O=C(NCC1CC1)c1cccc(OC2CN(C3CCOCC3)C2)c1. The van der Waals surface area contributed by atoms with Crippen LogP contribution in [-0.4, -0.2) is 55.8 Å². The molecule has 0 bridgehead atoms. The summed E-state index contributed by atoms with van der Waals surface area (Å²) in [5.41, 5.74) is 0.689. The maximum Gasteiger partial charge on any atom is 0.251 e. The highest BCUT2D eigenvalue weighted by atomic mass is 16.5. The molecular formula is C19H26N2O3. The van der Waals surface area contributed by atoms with Crippen LogP contribution >= 0.6 is 0 Å². The van der Waals surface area contributed by atoms with E-state index >= 15 is 0 Å². The highest BCUT2D eigenvalue weighted by Gasteiger charge is 2.34. The summed E-state index contributed by atoms with van der Waals surface area (Å²) in [6.45, 7) is 4.51. The van der Waals surface area contributed by atoms with E-state index in [4.69, 9.17) is 9.47 Å². The van der Waals surface area contributed by atoms with Crippen molar-refractivity contribution in [3.05, 3.63) is 29.8 Å². The van der Waals surface area contributed by atoms with Gasteiger partial charge >= 0.3 is 0 Å². The zero-order valence-corrected chi connectivity index (χ0v) is 14.1. The van der Waals surface area contributed by atoms with Crippen LogP contribution in [0, 0.1) is 5.92 Å². The molecule has 24 heavy (non-hydrogen) atoms. The van der Waals surface area contributed by atoms with Crippen molar-refractivity contribution in [2.45, 2.75) is 37.8 Å². The van der Waals surface area contributed by atoms with Crippen LogP contribution in [0.25, 0.3) is 0 Å². The first-order chi connectivity index (χ1) is 11.8. The Hall–Kier alpha value is -1.59. The van der Waals surface area contributed by atoms with E-state index in [1.54, 1.807) is 0 Å². The summed E-state index contributed by atoms with van der Waals surface area (Å²) in [5.74, 6) is 1.50. The molecule has 0 unspecified atom stereocenters. The normalized spacial score (nSPS) is 22.8. The van der Waals surface area contributed by atoms with E-state index in [-0.39, 0.29) is 12.0 Å². The number of rotatable bonds is 6. The van der Waals surface area contributed by atoms with Gasteiger partial charge in [-0.1, -0.05) is 6.07 Å². The van der Waals surface area contributed by atoms with Crippen molar-refractivity contribution in [3.63, 3.8) is 0 Å². The summed E-state index contributed by atoms with van der Waals surface area (Å²) in [7, 11) is 0. The molecule has 2 saturated heterocycles. The van der Waals surface area contributed by atoms with Gasteiger partial charge in [-0.25, -0.2) is 0 Å². The van der Waals surface area contributed by atoms with Gasteiger partial charge in [-0.2, -0.15) is 0 Å². The number of amides is 1. The Kier molecular flexibility index (Phi) is 4.72. The Bertz CT molecular complexity index is 576. The third-order valence-electron chi connectivity index (χ3n) is 5.23. The first-order valence-corrected chi connectivity index (χ1v) is 9.14. The van der Waals surface area contributed by atoms with Crippen LogP contribution in [0.15, 0.2) is 24.3 Å². The lowest BCUT2D eigenvalue weighted by atomic mass is 10.0. The topological polar surface area (TPSA) is 50.8 Å². The van der Waals surface area contributed by atoms with Gasteiger partial charge in [-0.3, -0.25) is 9.69 Å². The third kappa shape index (κ3) is 3.90. The number of nitrogens with one attached hydrogen (secondary N) is 1. The lowest BCUT2D eigenvalue weighted by Crippen LogP contribution is -2.58. The third-order valence-corrected chi connectivity index (χ3v) is 5.23. The van der Waals surface area contributed by atoms with E-state index in [9.17, 15) is 4.79 Å². The number of ether oxygens (including phenoxy) is 2. The minimum Gasteiger partial charge on any atom is -0.488 e. The second-order valence-electron chi connectivity index (χ2n) is 7.22. The molecule has 1 N–H and O–H groups in total. The number of benzene rings is 1. The van der Waals surface area contributed by atoms with Gasteiger partial charge in [-0.15, -0.1) is 0 Å². The van der Waals surface area contributed by atoms with Gasteiger partial charge in [0.1, 0.15) is 11.9 Å². The molecule has 0 atom stereocenters. The molecule has 130 valence electrons. The maximum atomic E-state index is 12.2. The fourth-order valence-corrected chi connectivity index (χ4v) is 3.46. The van der Waals surface area contributed by atoms with Crippen LogP contribution in [0.3, 0.4) is 0 Å². The highest BCUT2D eigenvalue weighted by molar-refractivity contribution is 5.94. The Labute approximate surface area is 143 Å². The van der Waals surface area contributed by atoms with E-state index in [0.717, 1.165) is 51.4 Å². The van der Waals surface area contributed by atoms with Crippen molar-refractivity contribution in [3.8, 4) is 5.75 Å². The molecule has 1 amide bonds. The predicted octanol–water partition coefficient (Wildman–Crippen LogP) is 2.07. The summed E-state index contributed by atoms with van der Waals surface area (Å²) >= 11 is 0. The van der Waals surface area contributed by atoms with Gasteiger partial charge in [0.2, 0.25) is 0 Å². The van der Waals surface area contributed by atoms with Crippen molar-refractivity contribution >= 4 is 5.91 Å². The van der Waals surface area contributed by atoms with Crippen LogP contribution in [0.4, 0.5) is 0 Å². The van der Waals surface area contributed by atoms with Crippen LogP contribution in [0.5, 0.6) is 5.75 Å². The Morgan fingerprint density at radius 1 is 1.21 bits per heavy atom. The van der Waals surface area contributed by atoms with Crippen molar-refractivity contribution in [1.29, 1.82) is 0 Å². The monoisotopic (exact) mass is 330 g/mol. The predicted molar refractivity (Wildman–Crippen MR) is 91.3 cm³/mol. The van der Waals surface area contributed by atoms with E-state index in [1.165, 1.54) is 12.8 Å². The molecule has 3 fully saturated rings. The van der Waals surface area contributed by atoms with Gasteiger partial charge in [0.15, 0.2) is 0 Å². The zero-order valence-electron chi connectivity index (χ0n) is 14.1. The van der Waals surface area contributed by atoms with Crippen LogP contribution in [0.2, 0.25) is 0 Å². The molecule has 1 saturated carbocycles. The van der Waals surface area contributed by atoms with Crippen LogP contribution in [0.1, 0.15) is 36.0 Å². The molecule has 5 nitrogen and oxygen atoms in total. The number of hydrogen-bond acceptors (Lipinski definition) is 4. The average Bonchev–Trinajstić information content (AvgIpc) is 3.41. The van der Waals surface area contributed by atoms with E-state index in [2.05, 4.69) is 10.2 Å². The standard InChI is InChI=1S/C19H26N2O3/c22-19(20-11-14-4-5-14)15-2-1-3-17(10-15)24-18-12-21(13-18)16-6-8-23-9-7-16/h1-3,10,14,16,18H,4-9,11-13H2,(H,20,22). The number of carbonyl (C=O) groups is 1. The molecule has 1 aromatic carbocycles. The number of likely N-dealkylation sites (tertiary alicyclic amines) is 1. The summed E-state index contributed by atoms with van der Waals surface area (Å²) in [4.78, 5) is 14.7. The summed E-state index contributed by atoms with van der Waals surface area (Å²) in [6, 6.07) is 8.20.